The molecule has 0 aliphatic rings. The van der Waals surface area contributed by atoms with Crippen molar-refractivity contribution in [1.82, 2.24) is 0 Å². The van der Waals surface area contributed by atoms with E-state index in [1.54, 1.807) is 17.4 Å². The number of hydrogen-bond donors (Lipinski definition) is 0. The van der Waals surface area contributed by atoms with E-state index in [0.29, 0.717) is 6.61 Å². The molecule has 0 N–H and O–H groups in total. The van der Waals surface area contributed by atoms with E-state index in [0.717, 1.165) is 28.2 Å². The van der Waals surface area contributed by atoms with E-state index >= 15 is 0 Å². The number of carbonyl (C=O) groups excluding carboxylic acids is 1. The Labute approximate surface area is 152 Å². The average Bonchev–Trinajstić information content (AvgIpc) is 3.15. The normalized spacial score (nSPS) is 10.9. The maximum absolute atomic E-state index is 12.3. The van der Waals surface area contributed by atoms with Crippen LogP contribution in [0.4, 0.5) is 0 Å². The zero-order chi connectivity index (χ0) is 17.5. The summed E-state index contributed by atoms with van der Waals surface area (Å²) in [6.45, 7) is 2.60. The summed E-state index contributed by atoms with van der Waals surface area (Å²) in [6, 6.07) is 21.7. The molecule has 3 aromatic rings. The number of allylic oxidation sites excluding steroid dienone is 1. The lowest BCUT2D eigenvalue weighted by Gasteiger charge is -2.09. The number of carbonyl (C=O) groups is 1. The molecule has 126 valence electrons. The fourth-order valence-corrected chi connectivity index (χ4v) is 3.30. The van der Waals surface area contributed by atoms with Gasteiger partial charge >= 0.3 is 0 Å². The molecule has 0 fully saturated rings. The first-order chi connectivity index (χ1) is 12.3. The minimum atomic E-state index is 0.0302. The molecule has 0 aliphatic heterocycles. The second-order valence-electron chi connectivity index (χ2n) is 5.63. The summed E-state index contributed by atoms with van der Waals surface area (Å²) in [5.41, 5.74) is 2.02. The van der Waals surface area contributed by atoms with E-state index in [1.165, 1.54) is 4.88 Å². The van der Waals surface area contributed by atoms with E-state index in [4.69, 9.17) is 4.74 Å². The molecule has 0 saturated heterocycles. The molecule has 0 aliphatic carbocycles. The van der Waals surface area contributed by atoms with Crippen molar-refractivity contribution in [3.05, 3.63) is 93.7 Å². The van der Waals surface area contributed by atoms with Gasteiger partial charge in [0.15, 0.2) is 5.78 Å². The third-order valence-corrected chi connectivity index (χ3v) is 5.07. The SMILES string of the molecule is CCc1ccc(C(=O)/C=C/c2ccccc2OCc2ccccc2)s1. The first kappa shape index (κ1) is 17.2. The molecular formula is C22H20O2S. The highest BCUT2D eigenvalue weighted by molar-refractivity contribution is 7.14. The first-order valence-corrected chi connectivity index (χ1v) is 9.15. The second kappa shape index (κ2) is 8.45. The zero-order valence-corrected chi connectivity index (χ0v) is 15.0. The smallest absolute Gasteiger partial charge is 0.195 e. The predicted molar refractivity (Wildman–Crippen MR) is 104 cm³/mol. The summed E-state index contributed by atoms with van der Waals surface area (Å²) < 4.78 is 5.92. The Kier molecular flexibility index (Phi) is 5.81. The summed E-state index contributed by atoms with van der Waals surface area (Å²) in [6.07, 6.45) is 4.40. The van der Waals surface area contributed by atoms with Gasteiger partial charge in [-0.3, -0.25) is 4.79 Å². The molecule has 0 unspecified atom stereocenters. The van der Waals surface area contributed by atoms with Crippen LogP contribution in [0.1, 0.15) is 32.6 Å². The molecule has 0 amide bonds. The van der Waals surface area contributed by atoms with Gasteiger partial charge < -0.3 is 4.74 Å². The zero-order valence-electron chi connectivity index (χ0n) is 14.1. The van der Waals surface area contributed by atoms with Crippen molar-refractivity contribution in [3.63, 3.8) is 0 Å². The highest BCUT2D eigenvalue weighted by Crippen LogP contribution is 2.22. The Balaban J connectivity index is 1.70. The van der Waals surface area contributed by atoms with Gasteiger partial charge in [-0.05, 0) is 42.3 Å². The van der Waals surface area contributed by atoms with Crippen molar-refractivity contribution in [2.75, 3.05) is 0 Å². The lowest BCUT2D eigenvalue weighted by molar-refractivity contribution is 0.105. The number of hydrogen-bond acceptors (Lipinski definition) is 3. The van der Waals surface area contributed by atoms with Crippen LogP contribution in [0.15, 0.2) is 72.8 Å². The average molecular weight is 348 g/mol. The topological polar surface area (TPSA) is 26.3 Å². The van der Waals surface area contributed by atoms with Crippen molar-refractivity contribution >= 4 is 23.2 Å². The van der Waals surface area contributed by atoms with E-state index in [9.17, 15) is 4.79 Å². The Morgan fingerprint density at radius 1 is 1.00 bits per heavy atom. The number of thiophene rings is 1. The molecule has 0 spiro atoms. The van der Waals surface area contributed by atoms with E-state index in [-0.39, 0.29) is 5.78 Å². The van der Waals surface area contributed by atoms with Gasteiger partial charge in [-0.2, -0.15) is 0 Å². The minimum absolute atomic E-state index is 0.0302. The third-order valence-electron chi connectivity index (χ3n) is 3.82. The predicted octanol–water partition coefficient (Wildman–Crippen LogP) is 5.79. The maximum Gasteiger partial charge on any atom is 0.195 e. The van der Waals surface area contributed by atoms with Gasteiger partial charge in [-0.1, -0.05) is 55.5 Å². The molecule has 0 radical (unpaired) electrons. The first-order valence-electron chi connectivity index (χ1n) is 8.33. The van der Waals surface area contributed by atoms with Crippen molar-refractivity contribution < 1.29 is 9.53 Å². The molecule has 25 heavy (non-hydrogen) atoms. The van der Waals surface area contributed by atoms with Gasteiger partial charge in [-0.25, -0.2) is 0 Å². The molecule has 0 saturated carbocycles. The third kappa shape index (κ3) is 4.68. The van der Waals surface area contributed by atoms with Crippen LogP contribution in [0.5, 0.6) is 5.75 Å². The van der Waals surface area contributed by atoms with Crippen molar-refractivity contribution in [2.45, 2.75) is 20.0 Å². The number of rotatable bonds is 7. The summed E-state index contributed by atoms with van der Waals surface area (Å²) in [4.78, 5) is 14.3. The summed E-state index contributed by atoms with van der Waals surface area (Å²) in [7, 11) is 0. The van der Waals surface area contributed by atoms with Crippen LogP contribution in [-0.2, 0) is 13.0 Å². The molecule has 1 heterocycles. The lowest BCUT2D eigenvalue weighted by atomic mass is 10.1. The van der Waals surface area contributed by atoms with Crippen LogP contribution in [0, 0.1) is 0 Å². The Bertz CT molecular complexity index is 862. The molecule has 3 heteroatoms. The lowest BCUT2D eigenvalue weighted by Crippen LogP contribution is -1.97. The number of benzene rings is 2. The van der Waals surface area contributed by atoms with Crippen molar-refractivity contribution in [3.8, 4) is 5.75 Å². The quantitative estimate of drug-likeness (QED) is 0.399. The van der Waals surface area contributed by atoms with Gasteiger partial charge in [0.2, 0.25) is 0 Å². The Hall–Kier alpha value is -2.65. The van der Waals surface area contributed by atoms with Crippen molar-refractivity contribution in [1.29, 1.82) is 0 Å². The van der Waals surface area contributed by atoms with Crippen LogP contribution in [0.25, 0.3) is 6.08 Å². The summed E-state index contributed by atoms with van der Waals surface area (Å²) in [5.74, 6) is 0.804. The van der Waals surface area contributed by atoms with E-state index in [1.807, 2.05) is 72.8 Å². The van der Waals surface area contributed by atoms with E-state index < -0.39 is 0 Å². The molecule has 0 bridgehead atoms. The molecule has 2 nitrogen and oxygen atoms in total. The standard InChI is InChI=1S/C22H20O2S/c1-2-19-13-15-22(25-19)20(23)14-12-18-10-6-7-11-21(18)24-16-17-8-4-3-5-9-17/h3-15H,2,16H2,1H3/b14-12+. The van der Waals surface area contributed by atoms with Gasteiger partial charge in [0.25, 0.3) is 0 Å². The van der Waals surface area contributed by atoms with Crippen LogP contribution < -0.4 is 4.74 Å². The second-order valence-corrected chi connectivity index (χ2v) is 6.80. The van der Waals surface area contributed by atoms with E-state index in [2.05, 4.69) is 6.92 Å². The fraction of sp³-hybridized carbons (Fsp3) is 0.136. The maximum atomic E-state index is 12.3. The summed E-state index contributed by atoms with van der Waals surface area (Å²) >= 11 is 1.56. The molecule has 2 aromatic carbocycles. The molecular weight excluding hydrogens is 328 g/mol. The van der Waals surface area contributed by atoms with Crippen LogP contribution >= 0.6 is 11.3 Å². The van der Waals surface area contributed by atoms with Gasteiger partial charge in [-0.15, -0.1) is 11.3 Å². The molecule has 0 atom stereocenters. The fourth-order valence-electron chi connectivity index (χ4n) is 2.43. The van der Waals surface area contributed by atoms with Crippen LogP contribution in [0.3, 0.4) is 0 Å². The summed E-state index contributed by atoms with van der Waals surface area (Å²) in [5, 5.41) is 0. The molecule has 3 rings (SSSR count). The van der Waals surface area contributed by atoms with Crippen LogP contribution in [-0.4, -0.2) is 5.78 Å². The Morgan fingerprint density at radius 2 is 1.76 bits per heavy atom. The highest BCUT2D eigenvalue weighted by Gasteiger charge is 2.06. The number of ketones is 1. The minimum Gasteiger partial charge on any atom is -0.488 e. The molecule has 1 aromatic heterocycles. The van der Waals surface area contributed by atoms with Crippen LogP contribution in [0.2, 0.25) is 0 Å². The highest BCUT2D eigenvalue weighted by atomic mass is 32.1. The number of para-hydroxylation sites is 1. The monoisotopic (exact) mass is 348 g/mol. The van der Waals surface area contributed by atoms with Gasteiger partial charge in [0, 0.05) is 10.4 Å². The number of aryl methyl sites for hydroxylation is 1. The largest absolute Gasteiger partial charge is 0.488 e. The Morgan fingerprint density at radius 3 is 2.52 bits per heavy atom. The van der Waals surface area contributed by atoms with Gasteiger partial charge in [0.1, 0.15) is 12.4 Å². The number of ether oxygens (including phenoxy) is 1. The van der Waals surface area contributed by atoms with Gasteiger partial charge in [0.05, 0.1) is 4.88 Å². The van der Waals surface area contributed by atoms with Crippen molar-refractivity contribution in [2.24, 2.45) is 0 Å².